The minimum absolute atomic E-state index is 0.0300. The van der Waals surface area contributed by atoms with Crippen LogP contribution in [0.1, 0.15) is 30.1 Å². The number of hydrogen-bond acceptors (Lipinski definition) is 4. The summed E-state index contributed by atoms with van der Waals surface area (Å²) in [5.74, 6) is 0.743. The number of hydrogen-bond donors (Lipinski definition) is 1. The van der Waals surface area contributed by atoms with Crippen molar-refractivity contribution in [2.45, 2.75) is 31.2 Å². The fourth-order valence-electron chi connectivity index (χ4n) is 3.25. The van der Waals surface area contributed by atoms with Gasteiger partial charge >= 0.3 is 6.09 Å². The molecule has 7 heteroatoms. The summed E-state index contributed by atoms with van der Waals surface area (Å²) in [6.07, 6.45) is 1.80. The number of carbonyl (C=O) groups is 1. The third-order valence-electron chi connectivity index (χ3n) is 4.45. The van der Waals surface area contributed by atoms with E-state index < -0.39 is 0 Å². The summed E-state index contributed by atoms with van der Waals surface area (Å²) in [4.78, 5) is 25.1. The van der Waals surface area contributed by atoms with Crippen LogP contribution >= 0.6 is 11.6 Å². The number of likely N-dealkylation sites (tertiary alicyclic amines) is 1. The Morgan fingerprint density at radius 3 is 2.79 bits per heavy atom. The van der Waals surface area contributed by atoms with Gasteiger partial charge in [0.15, 0.2) is 0 Å². The lowest BCUT2D eigenvalue weighted by Gasteiger charge is -2.38. The molecular formula is C17H19ClN2O4. The fraction of sp³-hybridized carbons (Fsp3) is 0.412. The predicted molar refractivity (Wildman–Crippen MR) is 89.4 cm³/mol. The lowest BCUT2D eigenvalue weighted by molar-refractivity contribution is 0.0817. The first kappa shape index (κ1) is 16.6. The van der Waals surface area contributed by atoms with E-state index >= 15 is 0 Å². The third kappa shape index (κ3) is 3.64. The second kappa shape index (κ2) is 7.13. The molecule has 0 unspecified atom stereocenters. The molecule has 0 spiro atoms. The van der Waals surface area contributed by atoms with Gasteiger partial charge < -0.3 is 14.2 Å². The molecule has 1 aromatic carbocycles. The maximum atomic E-state index is 12.1. The molecule has 2 heterocycles. The van der Waals surface area contributed by atoms with E-state index in [1.54, 1.807) is 4.90 Å². The quantitative estimate of drug-likeness (QED) is 0.922. The highest BCUT2D eigenvalue weighted by molar-refractivity contribution is 6.30. The molecule has 1 aliphatic heterocycles. The van der Waals surface area contributed by atoms with Crippen molar-refractivity contribution in [1.29, 1.82) is 0 Å². The number of nitrogens with zero attached hydrogens (tertiary/aromatic N) is 1. The number of benzene rings is 1. The molecule has 1 saturated heterocycles. The zero-order valence-electron chi connectivity index (χ0n) is 13.3. The van der Waals surface area contributed by atoms with Crippen molar-refractivity contribution in [3.05, 3.63) is 57.0 Å². The number of methoxy groups -OCH3 is 1. The second-order valence-electron chi connectivity index (χ2n) is 5.98. The van der Waals surface area contributed by atoms with Gasteiger partial charge in [-0.3, -0.25) is 4.79 Å². The Morgan fingerprint density at radius 1 is 1.42 bits per heavy atom. The Labute approximate surface area is 144 Å². The van der Waals surface area contributed by atoms with Crippen LogP contribution in [0.3, 0.4) is 0 Å². The molecule has 24 heavy (non-hydrogen) atoms. The maximum Gasteiger partial charge on any atom is 0.409 e. The number of H-pyrrole nitrogens is 1. The number of halogens is 1. The summed E-state index contributed by atoms with van der Waals surface area (Å²) in [6, 6.07) is 9.04. The Morgan fingerprint density at radius 2 is 2.17 bits per heavy atom. The van der Waals surface area contributed by atoms with E-state index in [4.69, 9.17) is 20.9 Å². The molecule has 1 N–H and O–H groups in total. The molecular weight excluding hydrogens is 332 g/mol. The minimum Gasteiger partial charge on any atom is -0.453 e. The topological polar surface area (TPSA) is 75.5 Å². The van der Waals surface area contributed by atoms with Crippen molar-refractivity contribution in [2.24, 2.45) is 0 Å². The van der Waals surface area contributed by atoms with E-state index in [1.165, 1.54) is 13.2 Å². The molecule has 1 amide bonds. The summed E-state index contributed by atoms with van der Waals surface area (Å²) in [5, 5.41) is 3.01. The zero-order valence-corrected chi connectivity index (χ0v) is 14.1. The Bertz CT molecular complexity index is 752. The Hall–Kier alpha value is -2.21. The number of amides is 1. The van der Waals surface area contributed by atoms with Crippen LogP contribution in [0.2, 0.25) is 5.02 Å². The van der Waals surface area contributed by atoms with Crippen molar-refractivity contribution in [2.75, 3.05) is 13.7 Å². The molecule has 1 aliphatic rings. The highest BCUT2D eigenvalue weighted by Crippen LogP contribution is 2.33. The van der Waals surface area contributed by atoms with Crippen LogP contribution in [0.4, 0.5) is 4.79 Å². The molecule has 0 saturated carbocycles. The van der Waals surface area contributed by atoms with Gasteiger partial charge in [0.25, 0.3) is 5.56 Å². The average molecular weight is 351 g/mol. The standard InChI is InChI=1S/C17H19ClN2O4/c1-23-17(22)20-7-6-12(15-10-16(21)19-24-15)9-14(20)8-11-2-4-13(18)5-3-11/h2-5,10,12,14H,6-9H2,1H3,(H,19,21)/t12-,14+/m0/s1. The second-order valence-corrected chi connectivity index (χ2v) is 6.42. The molecule has 3 rings (SSSR count). The van der Waals surface area contributed by atoms with E-state index in [1.807, 2.05) is 24.3 Å². The number of piperidine rings is 1. The van der Waals surface area contributed by atoms with Gasteiger partial charge in [0.2, 0.25) is 0 Å². The zero-order chi connectivity index (χ0) is 17.1. The monoisotopic (exact) mass is 350 g/mol. The summed E-state index contributed by atoms with van der Waals surface area (Å²) >= 11 is 5.93. The highest BCUT2D eigenvalue weighted by atomic mass is 35.5. The lowest BCUT2D eigenvalue weighted by Crippen LogP contribution is -2.46. The van der Waals surface area contributed by atoms with Crippen LogP contribution in [0.5, 0.6) is 0 Å². The Kier molecular flexibility index (Phi) is 4.94. The van der Waals surface area contributed by atoms with Gasteiger partial charge in [-0.2, -0.15) is 5.16 Å². The van der Waals surface area contributed by atoms with Crippen molar-refractivity contribution in [3.63, 3.8) is 0 Å². The van der Waals surface area contributed by atoms with Gasteiger partial charge in [0.1, 0.15) is 5.76 Å². The number of aromatic nitrogens is 1. The fourth-order valence-corrected chi connectivity index (χ4v) is 3.38. The van der Waals surface area contributed by atoms with Gasteiger partial charge in [-0.1, -0.05) is 23.7 Å². The van der Waals surface area contributed by atoms with Crippen molar-refractivity contribution < 1.29 is 14.1 Å². The summed E-state index contributed by atoms with van der Waals surface area (Å²) in [7, 11) is 1.39. The highest BCUT2D eigenvalue weighted by Gasteiger charge is 2.34. The molecule has 0 aliphatic carbocycles. The SMILES string of the molecule is COC(=O)N1CC[C@H](c2cc(=O)[nH]o2)C[C@H]1Cc1ccc(Cl)cc1. The van der Waals surface area contributed by atoms with Crippen LogP contribution in [-0.2, 0) is 11.2 Å². The van der Waals surface area contributed by atoms with Crippen LogP contribution in [0.15, 0.2) is 39.6 Å². The van der Waals surface area contributed by atoms with Crippen molar-refractivity contribution in [1.82, 2.24) is 10.1 Å². The van der Waals surface area contributed by atoms with Gasteiger partial charge in [-0.15, -0.1) is 0 Å². The van der Waals surface area contributed by atoms with Crippen LogP contribution in [-0.4, -0.2) is 35.8 Å². The molecule has 1 fully saturated rings. The number of nitrogens with one attached hydrogen (secondary N) is 1. The van der Waals surface area contributed by atoms with Crippen LogP contribution < -0.4 is 5.56 Å². The molecule has 1 aromatic heterocycles. The Balaban J connectivity index is 1.79. The summed E-state index contributed by atoms with van der Waals surface area (Å²) in [5.41, 5.74) is 0.851. The van der Waals surface area contributed by atoms with E-state index in [2.05, 4.69) is 5.16 Å². The first-order chi connectivity index (χ1) is 11.6. The first-order valence-electron chi connectivity index (χ1n) is 7.84. The largest absolute Gasteiger partial charge is 0.453 e. The molecule has 2 atom stereocenters. The summed E-state index contributed by atoms with van der Waals surface area (Å²) in [6.45, 7) is 0.560. The lowest BCUT2D eigenvalue weighted by atomic mass is 9.86. The van der Waals surface area contributed by atoms with E-state index in [9.17, 15) is 9.59 Å². The van der Waals surface area contributed by atoms with Gasteiger partial charge in [0, 0.05) is 29.6 Å². The smallest absolute Gasteiger partial charge is 0.409 e. The predicted octanol–water partition coefficient (Wildman–Crippen LogP) is 3.18. The maximum absolute atomic E-state index is 12.1. The normalized spacial score (nSPS) is 20.8. The molecule has 0 radical (unpaired) electrons. The van der Waals surface area contributed by atoms with Gasteiger partial charge in [0.05, 0.1) is 7.11 Å². The van der Waals surface area contributed by atoms with E-state index in [0.29, 0.717) is 30.2 Å². The number of aromatic amines is 1. The van der Waals surface area contributed by atoms with Gasteiger partial charge in [-0.25, -0.2) is 4.79 Å². The van der Waals surface area contributed by atoms with Crippen LogP contribution in [0, 0.1) is 0 Å². The first-order valence-corrected chi connectivity index (χ1v) is 8.22. The molecule has 0 bridgehead atoms. The minimum atomic E-state index is -0.331. The van der Waals surface area contributed by atoms with Gasteiger partial charge in [-0.05, 0) is 37.0 Å². The average Bonchev–Trinajstić information content (AvgIpc) is 3.03. The summed E-state index contributed by atoms with van der Waals surface area (Å²) < 4.78 is 10.2. The van der Waals surface area contributed by atoms with Crippen LogP contribution in [0.25, 0.3) is 0 Å². The molecule has 128 valence electrons. The number of rotatable bonds is 3. The number of ether oxygens (including phenoxy) is 1. The third-order valence-corrected chi connectivity index (χ3v) is 4.71. The van der Waals surface area contributed by atoms with Crippen molar-refractivity contribution in [3.8, 4) is 0 Å². The molecule has 2 aromatic rings. The molecule has 6 nitrogen and oxygen atoms in total. The number of carbonyl (C=O) groups excluding carboxylic acids is 1. The van der Waals surface area contributed by atoms with E-state index in [-0.39, 0.29) is 23.6 Å². The van der Waals surface area contributed by atoms with E-state index in [0.717, 1.165) is 12.0 Å². The van der Waals surface area contributed by atoms with Crippen molar-refractivity contribution >= 4 is 17.7 Å².